The van der Waals surface area contributed by atoms with Crippen LogP contribution in [0.5, 0.6) is 0 Å². The smallest absolute Gasteiger partial charge is 0.102 e. The second-order valence-corrected chi connectivity index (χ2v) is 1.86. The highest BCUT2D eigenvalue weighted by Gasteiger charge is 1.88. The van der Waals surface area contributed by atoms with Gasteiger partial charge in [0.25, 0.3) is 0 Å². The van der Waals surface area contributed by atoms with Crippen LogP contribution in [0, 0.1) is 0 Å². The van der Waals surface area contributed by atoms with Crippen LogP contribution >= 0.6 is 0 Å². The number of aliphatic hydroxyl groups excluding tert-OH is 1. The molecule has 3 heteroatoms. The van der Waals surface area contributed by atoms with Crippen LogP contribution < -0.4 is 5.32 Å². The predicted octanol–water partition coefficient (Wildman–Crippen LogP) is 0.00500. The molecule has 0 saturated carbocycles. The van der Waals surface area contributed by atoms with Gasteiger partial charge in [-0.05, 0) is 19.6 Å². The summed E-state index contributed by atoms with van der Waals surface area (Å²) in [4.78, 5) is 3.79. The number of hydrogen-bond acceptors (Lipinski definition) is 3. The first-order chi connectivity index (χ1) is 4.27. The maximum Gasteiger partial charge on any atom is 0.102 e. The van der Waals surface area contributed by atoms with Crippen LogP contribution in [0.25, 0.3) is 0 Å². The third-order valence-corrected chi connectivity index (χ3v) is 0.896. The van der Waals surface area contributed by atoms with E-state index in [1.807, 2.05) is 6.21 Å². The molecule has 0 heterocycles. The van der Waals surface area contributed by atoms with Gasteiger partial charge < -0.3 is 10.1 Å². The van der Waals surface area contributed by atoms with Crippen molar-refractivity contribution in [2.45, 2.75) is 19.6 Å². The lowest BCUT2D eigenvalue weighted by atomic mass is 10.4. The topological polar surface area (TPSA) is 44.6 Å². The summed E-state index contributed by atoms with van der Waals surface area (Å²) in [6.45, 7) is 2.48. The van der Waals surface area contributed by atoms with E-state index in [9.17, 15) is 0 Å². The standard InChI is InChI=1S/C6H14N2O/c1-6(9)8-5-3-4-7-2/h4,6,8-9H,3,5H2,1-2H3. The highest BCUT2D eigenvalue weighted by atomic mass is 16.3. The van der Waals surface area contributed by atoms with Gasteiger partial charge in [0.2, 0.25) is 0 Å². The second kappa shape index (κ2) is 5.72. The van der Waals surface area contributed by atoms with E-state index in [0.29, 0.717) is 0 Å². The molecule has 0 aromatic heterocycles. The summed E-state index contributed by atoms with van der Waals surface area (Å²) in [6, 6.07) is 0. The highest BCUT2D eigenvalue weighted by molar-refractivity contribution is 5.56. The molecule has 0 fully saturated rings. The van der Waals surface area contributed by atoms with Crippen molar-refractivity contribution in [3.63, 3.8) is 0 Å². The molecule has 3 nitrogen and oxygen atoms in total. The van der Waals surface area contributed by atoms with Crippen molar-refractivity contribution in [2.24, 2.45) is 4.99 Å². The maximum atomic E-state index is 8.70. The summed E-state index contributed by atoms with van der Waals surface area (Å²) in [6.07, 6.45) is 2.28. The third kappa shape index (κ3) is 7.59. The number of nitrogens with one attached hydrogen (secondary N) is 1. The Bertz CT molecular complexity index is 81.1. The van der Waals surface area contributed by atoms with Crippen molar-refractivity contribution in [1.82, 2.24) is 5.32 Å². The molecule has 0 aliphatic carbocycles. The summed E-state index contributed by atoms with van der Waals surface area (Å²) in [5.74, 6) is 0. The van der Waals surface area contributed by atoms with E-state index in [2.05, 4.69) is 10.3 Å². The lowest BCUT2D eigenvalue weighted by Crippen LogP contribution is -2.26. The fourth-order valence-corrected chi connectivity index (χ4v) is 0.486. The molecule has 1 atom stereocenters. The van der Waals surface area contributed by atoms with Gasteiger partial charge in [0.05, 0.1) is 0 Å². The van der Waals surface area contributed by atoms with Gasteiger partial charge in [0.15, 0.2) is 0 Å². The molecule has 0 radical (unpaired) electrons. The molecule has 9 heavy (non-hydrogen) atoms. The first-order valence-corrected chi connectivity index (χ1v) is 3.09. The van der Waals surface area contributed by atoms with Gasteiger partial charge in [-0.25, -0.2) is 0 Å². The van der Waals surface area contributed by atoms with E-state index in [4.69, 9.17) is 5.11 Å². The van der Waals surface area contributed by atoms with Crippen LogP contribution in [0.15, 0.2) is 4.99 Å². The summed E-state index contributed by atoms with van der Waals surface area (Å²) < 4.78 is 0. The molecule has 0 aliphatic heterocycles. The number of hydrogen-bond donors (Lipinski definition) is 2. The summed E-state index contributed by atoms with van der Waals surface area (Å²) in [7, 11) is 1.74. The van der Waals surface area contributed by atoms with Gasteiger partial charge in [-0.3, -0.25) is 5.32 Å². The van der Waals surface area contributed by atoms with Gasteiger partial charge in [0.1, 0.15) is 6.23 Å². The lowest BCUT2D eigenvalue weighted by molar-refractivity contribution is 0.158. The second-order valence-electron chi connectivity index (χ2n) is 1.86. The van der Waals surface area contributed by atoms with Gasteiger partial charge in [-0.1, -0.05) is 0 Å². The molecule has 1 unspecified atom stereocenters. The minimum absolute atomic E-state index is 0.407. The SMILES string of the molecule is CN=CCCNC(C)O. The quantitative estimate of drug-likeness (QED) is 0.320. The van der Waals surface area contributed by atoms with Crippen LogP contribution in [0.2, 0.25) is 0 Å². The van der Waals surface area contributed by atoms with Crippen LogP contribution in [0.3, 0.4) is 0 Å². The average molecular weight is 130 g/mol. The fourth-order valence-electron chi connectivity index (χ4n) is 0.486. The first kappa shape index (κ1) is 8.59. The van der Waals surface area contributed by atoms with Gasteiger partial charge in [-0.2, -0.15) is 0 Å². The molecule has 0 aliphatic rings. The van der Waals surface area contributed by atoms with E-state index < -0.39 is 6.23 Å². The Morgan fingerprint density at radius 2 is 2.44 bits per heavy atom. The molecule has 0 aromatic carbocycles. The molecule has 0 bridgehead atoms. The summed E-state index contributed by atoms with van der Waals surface area (Å²) in [5, 5.41) is 11.5. The predicted molar refractivity (Wildman–Crippen MR) is 38.7 cm³/mol. The number of nitrogens with zero attached hydrogens (tertiary/aromatic N) is 1. The molecule has 2 N–H and O–H groups in total. The van der Waals surface area contributed by atoms with E-state index in [1.54, 1.807) is 14.0 Å². The lowest BCUT2D eigenvalue weighted by Gasteiger charge is -2.03. The summed E-state index contributed by atoms with van der Waals surface area (Å²) >= 11 is 0. The largest absolute Gasteiger partial charge is 0.379 e. The van der Waals surface area contributed by atoms with E-state index in [1.165, 1.54) is 0 Å². The van der Waals surface area contributed by atoms with Crippen molar-refractivity contribution in [3.8, 4) is 0 Å². The Hall–Kier alpha value is -0.410. The number of aliphatic hydroxyl groups is 1. The zero-order valence-electron chi connectivity index (χ0n) is 5.96. The Morgan fingerprint density at radius 1 is 1.78 bits per heavy atom. The molecule has 0 saturated heterocycles. The van der Waals surface area contributed by atoms with Crippen LogP contribution in [0.4, 0.5) is 0 Å². The number of rotatable bonds is 4. The average Bonchev–Trinajstić information content (AvgIpc) is 1.80. The Morgan fingerprint density at radius 3 is 2.89 bits per heavy atom. The Kier molecular flexibility index (Phi) is 5.46. The van der Waals surface area contributed by atoms with Crippen molar-refractivity contribution in [1.29, 1.82) is 0 Å². The molecular weight excluding hydrogens is 116 g/mol. The van der Waals surface area contributed by atoms with Crippen LogP contribution in [-0.4, -0.2) is 31.1 Å². The monoisotopic (exact) mass is 130 g/mol. The van der Waals surface area contributed by atoms with Crippen molar-refractivity contribution < 1.29 is 5.11 Å². The molecule has 0 amide bonds. The van der Waals surface area contributed by atoms with Crippen molar-refractivity contribution >= 4 is 6.21 Å². The van der Waals surface area contributed by atoms with Gasteiger partial charge in [-0.15, -0.1) is 0 Å². The molecule has 0 aromatic rings. The fraction of sp³-hybridized carbons (Fsp3) is 0.833. The Labute approximate surface area is 55.8 Å². The molecule has 0 spiro atoms. The minimum atomic E-state index is -0.407. The zero-order valence-corrected chi connectivity index (χ0v) is 5.96. The number of aliphatic imine (C=N–C) groups is 1. The van der Waals surface area contributed by atoms with Crippen LogP contribution in [0.1, 0.15) is 13.3 Å². The van der Waals surface area contributed by atoms with Crippen molar-refractivity contribution in [2.75, 3.05) is 13.6 Å². The normalized spacial score (nSPS) is 14.6. The molecular formula is C6H14N2O. The molecule has 0 rings (SSSR count). The summed E-state index contributed by atoms with van der Waals surface area (Å²) in [5.41, 5.74) is 0. The van der Waals surface area contributed by atoms with Gasteiger partial charge in [0, 0.05) is 13.6 Å². The minimum Gasteiger partial charge on any atom is -0.379 e. The van der Waals surface area contributed by atoms with Crippen LogP contribution in [-0.2, 0) is 0 Å². The zero-order chi connectivity index (χ0) is 7.11. The maximum absolute atomic E-state index is 8.70. The van der Waals surface area contributed by atoms with E-state index in [0.717, 1.165) is 13.0 Å². The Balaban J connectivity index is 2.91. The molecule has 54 valence electrons. The van der Waals surface area contributed by atoms with E-state index >= 15 is 0 Å². The highest BCUT2D eigenvalue weighted by Crippen LogP contribution is 1.73. The third-order valence-electron chi connectivity index (χ3n) is 0.896. The van der Waals surface area contributed by atoms with E-state index in [-0.39, 0.29) is 0 Å². The van der Waals surface area contributed by atoms with Crippen molar-refractivity contribution in [3.05, 3.63) is 0 Å². The van der Waals surface area contributed by atoms with Gasteiger partial charge >= 0.3 is 0 Å². The first-order valence-electron chi connectivity index (χ1n) is 3.09.